The van der Waals surface area contributed by atoms with E-state index in [4.69, 9.17) is 18.5 Å². The molecule has 0 atom stereocenters. The molecule has 23 heavy (non-hydrogen) atoms. The fourth-order valence-electron chi connectivity index (χ4n) is 1.98. The van der Waals surface area contributed by atoms with Crippen LogP contribution in [0.1, 0.15) is 11.1 Å². The molecule has 0 radical (unpaired) electrons. The quantitative estimate of drug-likeness (QED) is 0.742. The molecule has 2 rings (SSSR count). The van der Waals surface area contributed by atoms with Crippen molar-refractivity contribution >= 4 is 7.82 Å². The number of phosphoric ester groups is 1. The first-order valence-electron chi connectivity index (χ1n) is 6.91. The second-order valence-corrected chi connectivity index (χ2v) is 6.09. The molecule has 0 bridgehead atoms. The lowest BCUT2D eigenvalue weighted by molar-refractivity contribution is 0.135. The van der Waals surface area contributed by atoms with Gasteiger partial charge >= 0.3 is 7.82 Å². The Labute approximate surface area is 135 Å². The van der Waals surface area contributed by atoms with Gasteiger partial charge in [0, 0.05) is 11.1 Å². The third-order valence-electron chi connectivity index (χ3n) is 3.15. The molecule has 0 spiro atoms. The van der Waals surface area contributed by atoms with Gasteiger partial charge in [0.15, 0.2) is 0 Å². The lowest BCUT2D eigenvalue weighted by atomic mass is 10.2. The lowest BCUT2D eigenvalue weighted by Crippen LogP contribution is -1.99. The molecular weight excluding hydrogens is 319 g/mol. The van der Waals surface area contributed by atoms with Crippen LogP contribution >= 0.6 is 7.82 Å². The average molecular weight is 338 g/mol. The van der Waals surface area contributed by atoms with Crippen LogP contribution in [0.25, 0.3) is 0 Å². The van der Waals surface area contributed by atoms with Gasteiger partial charge in [-0.15, -0.1) is 0 Å². The molecule has 124 valence electrons. The standard InChI is InChI=1S/C16H19O6P/c1-19-15-9-5-3-7-13(15)11-21-23(17,18)22-12-14-8-4-6-10-16(14)20-2/h3-10H,11-12H2,1-2H3,(H,17,18). The second-order valence-electron chi connectivity index (χ2n) is 4.64. The third-order valence-corrected chi connectivity index (χ3v) is 4.06. The lowest BCUT2D eigenvalue weighted by Gasteiger charge is -2.14. The van der Waals surface area contributed by atoms with E-state index in [1.165, 1.54) is 14.2 Å². The fourth-order valence-corrected chi connectivity index (χ4v) is 2.66. The zero-order valence-corrected chi connectivity index (χ0v) is 13.9. The Bertz CT molecular complexity index is 632. The SMILES string of the molecule is COc1ccccc1COP(=O)(O)OCc1ccccc1OC. The molecule has 0 aliphatic rings. The van der Waals surface area contributed by atoms with Gasteiger partial charge in [0.25, 0.3) is 0 Å². The highest BCUT2D eigenvalue weighted by molar-refractivity contribution is 7.47. The van der Waals surface area contributed by atoms with E-state index in [9.17, 15) is 9.46 Å². The molecule has 2 aromatic carbocycles. The van der Waals surface area contributed by atoms with Gasteiger partial charge in [-0.05, 0) is 12.1 Å². The minimum absolute atomic E-state index is 0.0935. The van der Waals surface area contributed by atoms with E-state index in [-0.39, 0.29) is 13.2 Å². The van der Waals surface area contributed by atoms with E-state index < -0.39 is 7.82 Å². The minimum atomic E-state index is -4.20. The van der Waals surface area contributed by atoms with Gasteiger partial charge in [-0.3, -0.25) is 9.05 Å². The third kappa shape index (κ3) is 5.08. The summed E-state index contributed by atoms with van der Waals surface area (Å²) in [6.07, 6.45) is 0. The van der Waals surface area contributed by atoms with E-state index in [1.807, 2.05) is 0 Å². The predicted octanol–water partition coefficient (Wildman–Crippen LogP) is 3.54. The summed E-state index contributed by atoms with van der Waals surface area (Å²) >= 11 is 0. The highest BCUT2D eigenvalue weighted by atomic mass is 31.2. The molecule has 0 saturated heterocycles. The molecule has 0 aliphatic carbocycles. The number of methoxy groups -OCH3 is 2. The van der Waals surface area contributed by atoms with Crippen LogP contribution in [0.4, 0.5) is 0 Å². The summed E-state index contributed by atoms with van der Waals surface area (Å²) in [5.41, 5.74) is 1.32. The number of hydrogen-bond acceptors (Lipinski definition) is 5. The monoisotopic (exact) mass is 338 g/mol. The molecule has 6 nitrogen and oxygen atoms in total. The molecule has 0 amide bonds. The second kappa shape index (κ2) is 8.13. The Kier molecular flexibility index (Phi) is 6.19. The molecule has 0 saturated carbocycles. The molecule has 1 N–H and O–H groups in total. The number of ether oxygens (including phenoxy) is 2. The average Bonchev–Trinajstić information content (AvgIpc) is 2.59. The zero-order chi connectivity index (χ0) is 16.7. The maximum Gasteiger partial charge on any atom is 0.472 e. The van der Waals surface area contributed by atoms with E-state index in [2.05, 4.69) is 0 Å². The predicted molar refractivity (Wildman–Crippen MR) is 85.4 cm³/mol. The first kappa shape index (κ1) is 17.5. The summed E-state index contributed by atoms with van der Waals surface area (Å²) < 4.78 is 32.4. The summed E-state index contributed by atoms with van der Waals surface area (Å²) in [6, 6.07) is 14.2. The molecule has 0 aromatic heterocycles. The van der Waals surface area contributed by atoms with Crippen LogP contribution in [0, 0.1) is 0 Å². The first-order chi connectivity index (χ1) is 11.1. The van der Waals surface area contributed by atoms with E-state index >= 15 is 0 Å². The highest BCUT2D eigenvalue weighted by Crippen LogP contribution is 2.45. The Hall–Kier alpha value is -1.85. The molecule has 0 fully saturated rings. The molecule has 0 heterocycles. The molecular formula is C16H19O6P. The van der Waals surface area contributed by atoms with Gasteiger partial charge in [-0.1, -0.05) is 36.4 Å². The summed E-state index contributed by atoms with van der Waals surface area (Å²) in [4.78, 5) is 9.79. The normalized spacial score (nSPS) is 11.3. The van der Waals surface area contributed by atoms with E-state index in [0.29, 0.717) is 22.6 Å². The van der Waals surface area contributed by atoms with Crippen LogP contribution in [0.5, 0.6) is 11.5 Å². The summed E-state index contributed by atoms with van der Waals surface area (Å²) in [7, 11) is -1.15. The van der Waals surface area contributed by atoms with Crippen LogP contribution < -0.4 is 9.47 Å². The van der Waals surface area contributed by atoms with Crippen molar-refractivity contribution in [3.05, 3.63) is 59.7 Å². The van der Waals surface area contributed by atoms with Crippen LogP contribution in [-0.4, -0.2) is 19.1 Å². The topological polar surface area (TPSA) is 74.2 Å². The van der Waals surface area contributed by atoms with Gasteiger partial charge < -0.3 is 14.4 Å². The van der Waals surface area contributed by atoms with Gasteiger partial charge in [-0.25, -0.2) is 4.57 Å². The van der Waals surface area contributed by atoms with Crippen LogP contribution in [0.3, 0.4) is 0 Å². The maximum atomic E-state index is 12.0. The van der Waals surface area contributed by atoms with Gasteiger partial charge in [0.2, 0.25) is 0 Å². The maximum absolute atomic E-state index is 12.0. The first-order valence-corrected chi connectivity index (χ1v) is 8.41. The number of phosphoric acid groups is 1. The molecule has 0 unspecified atom stereocenters. The van der Waals surface area contributed by atoms with Crippen LogP contribution in [-0.2, 0) is 26.8 Å². The summed E-state index contributed by atoms with van der Waals surface area (Å²) in [5.74, 6) is 1.16. The smallest absolute Gasteiger partial charge is 0.472 e. The van der Waals surface area contributed by atoms with Crippen LogP contribution in [0.15, 0.2) is 48.5 Å². The fraction of sp³-hybridized carbons (Fsp3) is 0.250. The van der Waals surface area contributed by atoms with Gasteiger partial charge in [0.1, 0.15) is 11.5 Å². The number of benzene rings is 2. The number of para-hydroxylation sites is 2. The van der Waals surface area contributed by atoms with Gasteiger partial charge in [0.05, 0.1) is 27.4 Å². The van der Waals surface area contributed by atoms with Gasteiger partial charge in [-0.2, -0.15) is 0 Å². The number of hydrogen-bond donors (Lipinski definition) is 1. The minimum Gasteiger partial charge on any atom is -0.496 e. The molecule has 7 heteroatoms. The number of rotatable bonds is 8. The Morgan fingerprint density at radius 2 is 1.22 bits per heavy atom. The van der Waals surface area contributed by atoms with Crippen molar-refractivity contribution in [2.24, 2.45) is 0 Å². The van der Waals surface area contributed by atoms with E-state index in [1.54, 1.807) is 48.5 Å². The van der Waals surface area contributed by atoms with Crippen molar-refractivity contribution < 1.29 is 28.0 Å². The van der Waals surface area contributed by atoms with Crippen molar-refractivity contribution in [3.63, 3.8) is 0 Å². The van der Waals surface area contributed by atoms with Crippen molar-refractivity contribution in [1.82, 2.24) is 0 Å². The largest absolute Gasteiger partial charge is 0.496 e. The molecule has 2 aromatic rings. The van der Waals surface area contributed by atoms with Crippen molar-refractivity contribution in [1.29, 1.82) is 0 Å². The Morgan fingerprint density at radius 1 is 0.826 bits per heavy atom. The van der Waals surface area contributed by atoms with E-state index in [0.717, 1.165) is 0 Å². The molecule has 0 aliphatic heterocycles. The summed E-state index contributed by atoms with van der Waals surface area (Å²) in [5, 5.41) is 0. The Balaban J connectivity index is 1.95. The van der Waals surface area contributed by atoms with Crippen molar-refractivity contribution in [2.45, 2.75) is 13.2 Å². The Morgan fingerprint density at radius 3 is 1.61 bits per heavy atom. The van der Waals surface area contributed by atoms with Crippen molar-refractivity contribution in [3.8, 4) is 11.5 Å². The zero-order valence-electron chi connectivity index (χ0n) is 13.0. The highest BCUT2D eigenvalue weighted by Gasteiger charge is 2.22. The van der Waals surface area contributed by atoms with Crippen molar-refractivity contribution in [2.75, 3.05) is 14.2 Å². The van der Waals surface area contributed by atoms with Crippen LogP contribution in [0.2, 0.25) is 0 Å². The summed E-state index contributed by atoms with van der Waals surface area (Å²) in [6.45, 7) is -0.187.